The summed E-state index contributed by atoms with van der Waals surface area (Å²) in [5.74, 6) is 0. The van der Waals surface area contributed by atoms with Crippen LogP contribution in [-0.4, -0.2) is 6.54 Å². The Balaban J connectivity index is 2.20. The standard InChI is InChI=1S/C17H23NS/c1-4-9-18-17(12-15-6-5-10-19-15)16-8-7-13(2)11-14(16)3/h5-8,10-11,17-18H,4,9,12H2,1-3H3. The Labute approximate surface area is 120 Å². The van der Waals surface area contributed by atoms with Crippen molar-refractivity contribution in [1.82, 2.24) is 5.32 Å². The summed E-state index contributed by atoms with van der Waals surface area (Å²) in [6.07, 6.45) is 2.26. The zero-order chi connectivity index (χ0) is 13.7. The summed E-state index contributed by atoms with van der Waals surface area (Å²) in [4.78, 5) is 1.45. The molecule has 2 aromatic rings. The summed E-state index contributed by atoms with van der Waals surface area (Å²) in [6, 6.07) is 11.6. The van der Waals surface area contributed by atoms with Crippen molar-refractivity contribution in [1.29, 1.82) is 0 Å². The highest BCUT2D eigenvalue weighted by Gasteiger charge is 2.14. The zero-order valence-corrected chi connectivity index (χ0v) is 12.9. The lowest BCUT2D eigenvalue weighted by Crippen LogP contribution is -2.24. The van der Waals surface area contributed by atoms with Crippen LogP contribution in [0.2, 0.25) is 0 Å². The summed E-state index contributed by atoms with van der Waals surface area (Å²) in [7, 11) is 0. The normalized spacial score (nSPS) is 12.6. The fourth-order valence-electron chi connectivity index (χ4n) is 2.46. The summed E-state index contributed by atoms with van der Waals surface area (Å²) < 4.78 is 0. The lowest BCUT2D eigenvalue weighted by atomic mass is 9.96. The molecule has 1 nitrogen and oxygen atoms in total. The number of hydrogen-bond acceptors (Lipinski definition) is 2. The molecule has 102 valence electrons. The Morgan fingerprint density at radius 2 is 2.05 bits per heavy atom. The Morgan fingerprint density at radius 3 is 2.68 bits per heavy atom. The molecule has 1 N–H and O–H groups in total. The molecule has 1 heterocycles. The van der Waals surface area contributed by atoms with Crippen LogP contribution in [0.3, 0.4) is 0 Å². The van der Waals surface area contributed by atoms with Crippen LogP contribution >= 0.6 is 11.3 Å². The van der Waals surface area contributed by atoms with E-state index in [0.717, 1.165) is 13.0 Å². The minimum Gasteiger partial charge on any atom is -0.310 e. The van der Waals surface area contributed by atoms with Gasteiger partial charge in [-0.1, -0.05) is 36.8 Å². The van der Waals surface area contributed by atoms with Gasteiger partial charge in [-0.25, -0.2) is 0 Å². The molecule has 0 saturated heterocycles. The third-order valence-corrected chi connectivity index (χ3v) is 4.33. The van der Waals surface area contributed by atoms with Gasteiger partial charge in [0, 0.05) is 17.3 Å². The molecule has 1 atom stereocenters. The molecule has 0 fully saturated rings. The van der Waals surface area contributed by atoms with E-state index in [1.165, 1.54) is 28.0 Å². The lowest BCUT2D eigenvalue weighted by Gasteiger charge is -2.21. The van der Waals surface area contributed by atoms with Crippen LogP contribution in [0.5, 0.6) is 0 Å². The second kappa shape index (κ2) is 6.88. The Morgan fingerprint density at radius 1 is 1.21 bits per heavy atom. The van der Waals surface area contributed by atoms with Crippen molar-refractivity contribution in [2.75, 3.05) is 6.54 Å². The smallest absolute Gasteiger partial charge is 0.0371 e. The van der Waals surface area contributed by atoms with E-state index in [1.807, 2.05) is 11.3 Å². The maximum atomic E-state index is 3.69. The van der Waals surface area contributed by atoms with Gasteiger partial charge in [-0.2, -0.15) is 0 Å². The summed E-state index contributed by atoms with van der Waals surface area (Å²) in [6.45, 7) is 7.67. The third kappa shape index (κ3) is 3.92. The molecule has 1 aromatic heterocycles. The molecule has 19 heavy (non-hydrogen) atoms. The fraction of sp³-hybridized carbons (Fsp3) is 0.412. The Hall–Kier alpha value is -1.12. The molecule has 0 spiro atoms. The molecule has 0 aliphatic rings. The van der Waals surface area contributed by atoms with Crippen molar-refractivity contribution in [2.45, 2.75) is 39.7 Å². The zero-order valence-electron chi connectivity index (χ0n) is 12.1. The number of rotatable bonds is 6. The first-order valence-electron chi connectivity index (χ1n) is 7.03. The van der Waals surface area contributed by atoms with Crippen molar-refractivity contribution in [3.05, 3.63) is 57.3 Å². The number of nitrogens with one attached hydrogen (secondary N) is 1. The van der Waals surface area contributed by atoms with Crippen LogP contribution < -0.4 is 5.32 Å². The molecule has 0 aliphatic heterocycles. The summed E-state index contributed by atoms with van der Waals surface area (Å²) >= 11 is 1.85. The van der Waals surface area contributed by atoms with Crippen molar-refractivity contribution >= 4 is 11.3 Å². The molecular formula is C17H23NS. The average Bonchev–Trinajstić information content (AvgIpc) is 2.88. The first-order valence-corrected chi connectivity index (χ1v) is 7.91. The minimum atomic E-state index is 0.430. The molecule has 2 heteroatoms. The fourth-order valence-corrected chi connectivity index (χ4v) is 3.21. The van der Waals surface area contributed by atoms with E-state index in [2.05, 4.69) is 61.8 Å². The van der Waals surface area contributed by atoms with Gasteiger partial charge < -0.3 is 5.32 Å². The molecular weight excluding hydrogens is 250 g/mol. The molecule has 2 rings (SSSR count). The Bertz CT molecular complexity index is 502. The largest absolute Gasteiger partial charge is 0.310 e. The number of thiophene rings is 1. The number of aryl methyl sites for hydroxylation is 2. The predicted octanol–water partition coefficient (Wildman–Crippen LogP) is 4.65. The van der Waals surface area contributed by atoms with E-state index >= 15 is 0 Å². The highest BCUT2D eigenvalue weighted by atomic mass is 32.1. The first kappa shape index (κ1) is 14.3. The maximum Gasteiger partial charge on any atom is 0.0371 e. The van der Waals surface area contributed by atoms with E-state index in [1.54, 1.807) is 0 Å². The second-order valence-electron chi connectivity index (χ2n) is 5.15. The number of hydrogen-bond donors (Lipinski definition) is 1. The van der Waals surface area contributed by atoms with Gasteiger partial charge in [-0.15, -0.1) is 11.3 Å². The average molecular weight is 273 g/mol. The second-order valence-corrected chi connectivity index (χ2v) is 6.18. The van der Waals surface area contributed by atoms with E-state index in [-0.39, 0.29) is 0 Å². The molecule has 0 bridgehead atoms. The van der Waals surface area contributed by atoms with E-state index in [0.29, 0.717) is 6.04 Å². The van der Waals surface area contributed by atoms with E-state index in [9.17, 15) is 0 Å². The molecule has 0 saturated carbocycles. The predicted molar refractivity (Wildman–Crippen MR) is 85.0 cm³/mol. The molecule has 1 unspecified atom stereocenters. The lowest BCUT2D eigenvalue weighted by molar-refractivity contribution is 0.530. The first-order chi connectivity index (χ1) is 9.20. The molecule has 0 aliphatic carbocycles. The monoisotopic (exact) mass is 273 g/mol. The van der Waals surface area contributed by atoms with Crippen molar-refractivity contribution in [3.8, 4) is 0 Å². The van der Waals surface area contributed by atoms with Gasteiger partial charge in [-0.05, 0) is 49.4 Å². The van der Waals surface area contributed by atoms with Gasteiger partial charge in [-0.3, -0.25) is 0 Å². The minimum absolute atomic E-state index is 0.430. The highest BCUT2D eigenvalue weighted by molar-refractivity contribution is 7.09. The van der Waals surface area contributed by atoms with Crippen molar-refractivity contribution in [3.63, 3.8) is 0 Å². The molecule has 1 aromatic carbocycles. The summed E-state index contributed by atoms with van der Waals surface area (Å²) in [5.41, 5.74) is 4.17. The van der Waals surface area contributed by atoms with Gasteiger partial charge in [0.05, 0.1) is 0 Å². The van der Waals surface area contributed by atoms with Crippen molar-refractivity contribution in [2.24, 2.45) is 0 Å². The van der Waals surface area contributed by atoms with Gasteiger partial charge in [0.15, 0.2) is 0 Å². The molecule has 0 amide bonds. The highest BCUT2D eigenvalue weighted by Crippen LogP contribution is 2.24. The van der Waals surface area contributed by atoms with Gasteiger partial charge >= 0.3 is 0 Å². The topological polar surface area (TPSA) is 12.0 Å². The van der Waals surface area contributed by atoms with Crippen LogP contribution in [0.15, 0.2) is 35.7 Å². The van der Waals surface area contributed by atoms with Crippen LogP contribution in [-0.2, 0) is 6.42 Å². The van der Waals surface area contributed by atoms with Crippen molar-refractivity contribution < 1.29 is 0 Å². The van der Waals surface area contributed by atoms with Crippen LogP contribution in [0.4, 0.5) is 0 Å². The SMILES string of the molecule is CCCNC(Cc1cccs1)c1ccc(C)cc1C. The van der Waals surface area contributed by atoms with E-state index < -0.39 is 0 Å². The quantitative estimate of drug-likeness (QED) is 0.808. The van der Waals surface area contributed by atoms with Gasteiger partial charge in [0.1, 0.15) is 0 Å². The Kier molecular flexibility index (Phi) is 5.17. The van der Waals surface area contributed by atoms with Crippen LogP contribution in [0.1, 0.15) is 41.0 Å². The number of benzene rings is 1. The van der Waals surface area contributed by atoms with Gasteiger partial charge in [0.2, 0.25) is 0 Å². The van der Waals surface area contributed by atoms with Crippen LogP contribution in [0.25, 0.3) is 0 Å². The summed E-state index contributed by atoms with van der Waals surface area (Å²) in [5, 5.41) is 5.85. The maximum absolute atomic E-state index is 3.69. The van der Waals surface area contributed by atoms with Crippen LogP contribution in [0, 0.1) is 13.8 Å². The molecule has 0 radical (unpaired) electrons. The van der Waals surface area contributed by atoms with Gasteiger partial charge in [0.25, 0.3) is 0 Å². The third-order valence-electron chi connectivity index (χ3n) is 3.43. The van der Waals surface area contributed by atoms with E-state index in [4.69, 9.17) is 0 Å².